The number of hydrogen-bond acceptors (Lipinski definition) is 4. The van der Waals surface area contributed by atoms with Crippen molar-refractivity contribution in [1.29, 1.82) is 0 Å². The molecule has 0 aromatic heterocycles. The van der Waals surface area contributed by atoms with E-state index in [2.05, 4.69) is 0 Å². The molecule has 1 aromatic carbocycles. The maximum absolute atomic E-state index is 12.0. The number of amides is 1. The molecule has 6 nitrogen and oxygen atoms in total. The highest BCUT2D eigenvalue weighted by molar-refractivity contribution is 7.88. The van der Waals surface area contributed by atoms with Crippen molar-refractivity contribution in [3.63, 3.8) is 0 Å². The quantitative estimate of drug-likeness (QED) is 0.705. The van der Waals surface area contributed by atoms with Gasteiger partial charge in [0.25, 0.3) is 0 Å². The molecule has 0 aliphatic heterocycles. The van der Waals surface area contributed by atoms with Gasteiger partial charge in [0.2, 0.25) is 15.9 Å². The monoisotopic (exact) mass is 271 g/mol. The highest BCUT2D eigenvalue weighted by Gasteiger charge is 2.22. The van der Waals surface area contributed by atoms with Gasteiger partial charge in [-0.15, -0.1) is 0 Å². The molecule has 0 unspecified atom stereocenters. The molecule has 0 atom stereocenters. The minimum absolute atomic E-state index is 0.172. The lowest BCUT2D eigenvalue weighted by Gasteiger charge is -2.18. The third-order valence-electron chi connectivity index (χ3n) is 2.41. The summed E-state index contributed by atoms with van der Waals surface area (Å²) in [6.07, 6.45) is 0. The minimum atomic E-state index is -3.54. The van der Waals surface area contributed by atoms with Crippen LogP contribution < -0.4 is 11.5 Å². The molecule has 100 valence electrons. The Morgan fingerprint density at radius 3 is 2.28 bits per heavy atom. The van der Waals surface area contributed by atoms with E-state index >= 15 is 0 Å². The number of rotatable bonds is 6. The Bertz CT molecular complexity index is 511. The zero-order chi connectivity index (χ0) is 13.8. The Kier molecular flexibility index (Phi) is 4.69. The molecule has 4 N–H and O–H groups in total. The molecular weight excluding hydrogens is 254 g/mol. The van der Waals surface area contributed by atoms with Crippen LogP contribution in [0.15, 0.2) is 24.3 Å². The molecule has 18 heavy (non-hydrogen) atoms. The minimum Gasteiger partial charge on any atom is -0.399 e. The first kappa shape index (κ1) is 14.5. The van der Waals surface area contributed by atoms with E-state index in [0.29, 0.717) is 11.3 Å². The summed E-state index contributed by atoms with van der Waals surface area (Å²) >= 11 is 0. The lowest BCUT2D eigenvalue weighted by molar-refractivity contribution is -0.118. The van der Waals surface area contributed by atoms with Gasteiger partial charge in [0, 0.05) is 12.2 Å². The highest BCUT2D eigenvalue weighted by atomic mass is 32.2. The van der Waals surface area contributed by atoms with Gasteiger partial charge in [-0.1, -0.05) is 19.1 Å². The summed E-state index contributed by atoms with van der Waals surface area (Å²) in [5.74, 6) is -0.841. The molecule has 0 spiro atoms. The molecule has 0 aliphatic carbocycles. The fourth-order valence-electron chi connectivity index (χ4n) is 1.50. The van der Waals surface area contributed by atoms with E-state index in [1.54, 1.807) is 31.2 Å². The van der Waals surface area contributed by atoms with Crippen LogP contribution in [0.5, 0.6) is 0 Å². The van der Waals surface area contributed by atoms with E-state index < -0.39 is 15.9 Å². The van der Waals surface area contributed by atoms with Crippen molar-refractivity contribution < 1.29 is 13.2 Å². The van der Waals surface area contributed by atoms with Gasteiger partial charge < -0.3 is 11.5 Å². The van der Waals surface area contributed by atoms with Crippen LogP contribution in [0.25, 0.3) is 0 Å². The van der Waals surface area contributed by atoms with Crippen molar-refractivity contribution in [2.45, 2.75) is 12.7 Å². The fourth-order valence-corrected chi connectivity index (χ4v) is 3.01. The number of benzene rings is 1. The largest absolute Gasteiger partial charge is 0.399 e. The number of primary amides is 1. The Morgan fingerprint density at radius 2 is 1.83 bits per heavy atom. The first-order chi connectivity index (χ1) is 8.35. The summed E-state index contributed by atoms with van der Waals surface area (Å²) in [5.41, 5.74) is 11.7. The van der Waals surface area contributed by atoms with Crippen LogP contribution in [0.4, 0.5) is 5.69 Å². The molecule has 1 aromatic rings. The number of nitrogens with two attached hydrogens (primary N) is 2. The van der Waals surface area contributed by atoms with Crippen molar-refractivity contribution in [2.75, 3.05) is 18.8 Å². The predicted octanol–water partition coefficient (Wildman–Crippen LogP) is -0.0942. The smallest absolute Gasteiger partial charge is 0.232 e. The Morgan fingerprint density at radius 1 is 1.28 bits per heavy atom. The molecule has 0 saturated heterocycles. The normalized spacial score (nSPS) is 11.7. The summed E-state index contributed by atoms with van der Waals surface area (Å²) in [7, 11) is -3.54. The van der Waals surface area contributed by atoms with E-state index in [-0.39, 0.29) is 18.8 Å². The van der Waals surface area contributed by atoms with Crippen LogP contribution in [0.1, 0.15) is 12.5 Å². The standard InChI is InChI=1S/C11H17N3O3S/c1-2-14(7-11(13)15)18(16,17)8-9-3-5-10(12)6-4-9/h3-6H,2,7-8,12H2,1H3,(H2,13,15). The van der Waals surface area contributed by atoms with Gasteiger partial charge >= 0.3 is 0 Å². The van der Waals surface area contributed by atoms with Crippen LogP contribution in [0.3, 0.4) is 0 Å². The first-order valence-electron chi connectivity index (χ1n) is 5.45. The van der Waals surface area contributed by atoms with Gasteiger partial charge in [0.05, 0.1) is 12.3 Å². The number of likely N-dealkylation sites (N-methyl/N-ethyl adjacent to an activating group) is 1. The molecule has 0 fully saturated rings. The zero-order valence-electron chi connectivity index (χ0n) is 10.2. The van der Waals surface area contributed by atoms with Crippen molar-refractivity contribution in [3.8, 4) is 0 Å². The fraction of sp³-hybridized carbons (Fsp3) is 0.364. The number of carbonyl (C=O) groups is 1. The molecular formula is C11H17N3O3S. The average Bonchev–Trinajstić information content (AvgIpc) is 2.28. The zero-order valence-corrected chi connectivity index (χ0v) is 11.0. The molecule has 0 radical (unpaired) electrons. The van der Waals surface area contributed by atoms with Crippen molar-refractivity contribution in [3.05, 3.63) is 29.8 Å². The summed E-state index contributed by atoms with van der Waals surface area (Å²) in [5, 5.41) is 0. The number of sulfonamides is 1. The molecule has 0 bridgehead atoms. The van der Waals surface area contributed by atoms with Gasteiger partial charge in [-0.05, 0) is 17.7 Å². The maximum atomic E-state index is 12.0. The predicted molar refractivity (Wildman–Crippen MR) is 69.9 cm³/mol. The average molecular weight is 271 g/mol. The van der Waals surface area contributed by atoms with E-state index in [0.717, 1.165) is 4.31 Å². The van der Waals surface area contributed by atoms with Crippen LogP contribution in [-0.4, -0.2) is 31.7 Å². The molecule has 0 aliphatic rings. The summed E-state index contributed by atoms with van der Waals surface area (Å²) < 4.78 is 25.1. The van der Waals surface area contributed by atoms with E-state index in [9.17, 15) is 13.2 Å². The second-order valence-electron chi connectivity index (χ2n) is 3.89. The topological polar surface area (TPSA) is 106 Å². The lowest BCUT2D eigenvalue weighted by atomic mass is 10.2. The Labute approximate surface area is 107 Å². The summed E-state index contributed by atoms with van der Waals surface area (Å²) in [6, 6.07) is 6.56. The van der Waals surface area contributed by atoms with Crippen molar-refractivity contribution in [2.24, 2.45) is 5.73 Å². The second-order valence-corrected chi connectivity index (χ2v) is 5.86. The van der Waals surface area contributed by atoms with Gasteiger partial charge in [0.15, 0.2) is 0 Å². The van der Waals surface area contributed by atoms with Crippen LogP contribution in [0.2, 0.25) is 0 Å². The third-order valence-corrected chi connectivity index (χ3v) is 4.28. The van der Waals surface area contributed by atoms with Crippen LogP contribution in [-0.2, 0) is 20.6 Å². The molecule has 7 heteroatoms. The number of carbonyl (C=O) groups excluding carboxylic acids is 1. The maximum Gasteiger partial charge on any atom is 0.232 e. The number of nitrogen functional groups attached to an aromatic ring is 1. The van der Waals surface area contributed by atoms with Gasteiger partial charge in [0.1, 0.15) is 0 Å². The number of hydrogen-bond donors (Lipinski definition) is 2. The Hall–Kier alpha value is -1.60. The molecule has 1 amide bonds. The Balaban J connectivity index is 2.85. The summed E-state index contributed by atoms with van der Waals surface area (Å²) in [4.78, 5) is 10.8. The first-order valence-corrected chi connectivity index (χ1v) is 7.06. The van der Waals surface area contributed by atoms with E-state index in [4.69, 9.17) is 11.5 Å². The summed E-state index contributed by atoms with van der Waals surface area (Å²) in [6.45, 7) is 1.57. The van der Waals surface area contributed by atoms with Crippen molar-refractivity contribution >= 4 is 21.6 Å². The van der Waals surface area contributed by atoms with E-state index in [1.165, 1.54) is 0 Å². The van der Waals surface area contributed by atoms with Gasteiger partial charge in [-0.3, -0.25) is 4.79 Å². The number of nitrogens with zero attached hydrogens (tertiary/aromatic N) is 1. The molecule has 1 rings (SSSR count). The van der Waals surface area contributed by atoms with Crippen LogP contribution in [0, 0.1) is 0 Å². The molecule has 0 heterocycles. The molecule has 0 saturated carbocycles. The highest BCUT2D eigenvalue weighted by Crippen LogP contribution is 2.12. The SMILES string of the molecule is CCN(CC(N)=O)S(=O)(=O)Cc1ccc(N)cc1. The van der Waals surface area contributed by atoms with Crippen molar-refractivity contribution in [1.82, 2.24) is 4.31 Å². The van der Waals surface area contributed by atoms with Gasteiger partial charge in [-0.2, -0.15) is 4.31 Å². The second kappa shape index (κ2) is 5.83. The number of anilines is 1. The van der Waals surface area contributed by atoms with Gasteiger partial charge in [-0.25, -0.2) is 8.42 Å². The lowest BCUT2D eigenvalue weighted by Crippen LogP contribution is -2.38. The van der Waals surface area contributed by atoms with Crippen LogP contribution >= 0.6 is 0 Å². The van der Waals surface area contributed by atoms with E-state index in [1.807, 2.05) is 0 Å². The third kappa shape index (κ3) is 4.01.